The van der Waals surface area contributed by atoms with Gasteiger partial charge in [-0.1, -0.05) is 11.6 Å². The van der Waals surface area contributed by atoms with Crippen LogP contribution in [-0.2, 0) is 4.74 Å². The molecule has 4 nitrogen and oxygen atoms in total. The normalized spacial score (nSPS) is 18.7. The topological polar surface area (TPSA) is 41.6 Å². The molecule has 0 spiro atoms. The maximum absolute atomic E-state index is 12.0. The van der Waals surface area contributed by atoms with E-state index in [4.69, 9.17) is 16.3 Å². The maximum Gasteiger partial charge on any atom is 0.410 e. The first kappa shape index (κ1) is 16.4. The Morgan fingerprint density at radius 2 is 2.19 bits per heavy atom. The van der Waals surface area contributed by atoms with Crippen molar-refractivity contribution < 1.29 is 9.53 Å². The van der Waals surface area contributed by atoms with Gasteiger partial charge < -0.3 is 15.0 Å². The van der Waals surface area contributed by atoms with Gasteiger partial charge >= 0.3 is 6.09 Å². The van der Waals surface area contributed by atoms with E-state index in [1.165, 1.54) is 0 Å². The maximum atomic E-state index is 12.0. The van der Waals surface area contributed by atoms with E-state index in [2.05, 4.69) is 21.2 Å². The van der Waals surface area contributed by atoms with Gasteiger partial charge in [-0.3, -0.25) is 0 Å². The molecule has 1 amide bonds. The van der Waals surface area contributed by atoms with Gasteiger partial charge in [0.1, 0.15) is 5.60 Å². The summed E-state index contributed by atoms with van der Waals surface area (Å²) in [6, 6.07) is 5.82. The van der Waals surface area contributed by atoms with Gasteiger partial charge in [-0.15, -0.1) is 0 Å². The number of benzene rings is 1. The van der Waals surface area contributed by atoms with E-state index in [1.807, 2.05) is 39.0 Å². The number of hydrogen-bond acceptors (Lipinski definition) is 3. The number of rotatable bonds is 2. The molecule has 0 aromatic heterocycles. The summed E-state index contributed by atoms with van der Waals surface area (Å²) in [7, 11) is 0. The molecule has 1 unspecified atom stereocenters. The van der Waals surface area contributed by atoms with Crippen molar-refractivity contribution in [3.05, 3.63) is 27.7 Å². The van der Waals surface area contributed by atoms with E-state index in [1.54, 1.807) is 4.90 Å². The standard InChI is InChI=1S/C15H20BrClN2O2/c1-15(2,3)21-14(20)19-7-6-11(9-19)18-13-8-10(17)4-5-12(13)16/h4-5,8,11,18H,6-7,9H2,1-3H3. The first-order valence-electron chi connectivity index (χ1n) is 6.94. The monoisotopic (exact) mass is 374 g/mol. The first-order valence-corrected chi connectivity index (χ1v) is 8.11. The van der Waals surface area contributed by atoms with Crippen molar-refractivity contribution in [1.82, 2.24) is 4.90 Å². The minimum Gasteiger partial charge on any atom is -0.444 e. The van der Waals surface area contributed by atoms with Gasteiger partial charge in [-0.25, -0.2) is 4.79 Å². The molecule has 21 heavy (non-hydrogen) atoms. The molecule has 1 fully saturated rings. The molecule has 1 aromatic rings. The summed E-state index contributed by atoms with van der Waals surface area (Å²) in [6.07, 6.45) is 0.634. The number of carbonyl (C=O) groups excluding carboxylic acids is 1. The quantitative estimate of drug-likeness (QED) is 0.826. The van der Waals surface area contributed by atoms with Crippen LogP contribution in [0.3, 0.4) is 0 Å². The van der Waals surface area contributed by atoms with Crippen LogP contribution in [0.2, 0.25) is 5.02 Å². The second-order valence-electron chi connectivity index (χ2n) is 6.18. The molecule has 6 heteroatoms. The summed E-state index contributed by atoms with van der Waals surface area (Å²) in [5, 5.41) is 4.10. The molecule has 0 radical (unpaired) electrons. The zero-order chi connectivity index (χ0) is 15.6. The number of ether oxygens (including phenoxy) is 1. The molecular formula is C15H20BrClN2O2. The highest BCUT2D eigenvalue weighted by Crippen LogP contribution is 2.28. The molecule has 1 saturated heterocycles. The fourth-order valence-electron chi connectivity index (χ4n) is 2.20. The van der Waals surface area contributed by atoms with Crippen LogP contribution in [0, 0.1) is 0 Å². The zero-order valence-corrected chi connectivity index (χ0v) is 14.8. The van der Waals surface area contributed by atoms with Crippen LogP contribution in [0.5, 0.6) is 0 Å². The van der Waals surface area contributed by atoms with E-state index in [0.717, 1.165) is 16.6 Å². The number of amides is 1. The van der Waals surface area contributed by atoms with Gasteiger partial charge in [0.05, 0.1) is 5.69 Å². The number of hydrogen-bond donors (Lipinski definition) is 1. The Morgan fingerprint density at radius 1 is 1.48 bits per heavy atom. The van der Waals surface area contributed by atoms with Crippen LogP contribution in [0.1, 0.15) is 27.2 Å². The minimum absolute atomic E-state index is 0.201. The minimum atomic E-state index is -0.460. The van der Waals surface area contributed by atoms with Crippen molar-refractivity contribution >= 4 is 39.3 Å². The lowest BCUT2D eigenvalue weighted by Gasteiger charge is -2.24. The first-order chi connectivity index (χ1) is 9.74. The van der Waals surface area contributed by atoms with Gasteiger partial charge in [0, 0.05) is 28.6 Å². The predicted molar refractivity (Wildman–Crippen MR) is 89.0 cm³/mol. The highest BCUT2D eigenvalue weighted by molar-refractivity contribution is 9.10. The Hall–Kier alpha value is -0.940. The molecule has 1 aromatic carbocycles. The van der Waals surface area contributed by atoms with E-state index in [-0.39, 0.29) is 12.1 Å². The van der Waals surface area contributed by atoms with E-state index in [0.29, 0.717) is 18.1 Å². The molecule has 1 aliphatic heterocycles. The van der Waals surface area contributed by atoms with Crippen molar-refractivity contribution in [1.29, 1.82) is 0 Å². The molecule has 1 aliphatic rings. The van der Waals surface area contributed by atoms with Gasteiger partial charge in [-0.05, 0) is 61.3 Å². The fourth-order valence-corrected chi connectivity index (χ4v) is 2.73. The van der Waals surface area contributed by atoms with Gasteiger partial charge in [0.2, 0.25) is 0 Å². The lowest BCUT2D eigenvalue weighted by molar-refractivity contribution is 0.0293. The molecular weight excluding hydrogens is 356 g/mol. The predicted octanol–water partition coefficient (Wildman–Crippen LogP) is 4.52. The van der Waals surface area contributed by atoms with Crippen LogP contribution in [-0.4, -0.2) is 35.7 Å². The molecule has 116 valence electrons. The second kappa shape index (κ2) is 6.44. The highest BCUT2D eigenvalue weighted by Gasteiger charge is 2.29. The lowest BCUT2D eigenvalue weighted by atomic mass is 10.2. The molecule has 0 bridgehead atoms. The highest BCUT2D eigenvalue weighted by atomic mass is 79.9. The van der Waals surface area contributed by atoms with E-state index >= 15 is 0 Å². The second-order valence-corrected chi connectivity index (χ2v) is 7.47. The average molecular weight is 376 g/mol. The summed E-state index contributed by atoms with van der Waals surface area (Å²) in [5.74, 6) is 0. The summed E-state index contributed by atoms with van der Waals surface area (Å²) in [4.78, 5) is 13.8. The molecule has 1 N–H and O–H groups in total. The van der Waals surface area contributed by atoms with Crippen LogP contribution in [0.15, 0.2) is 22.7 Å². The SMILES string of the molecule is CC(C)(C)OC(=O)N1CCC(Nc2cc(Cl)ccc2Br)C1. The average Bonchev–Trinajstić information content (AvgIpc) is 2.80. The van der Waals surface area contributed by atoms with Crippen LogP contribution < -0.4 is 5.32 Å². The molecule has 0 aliphatic carbocycles. The Bertz CT molecular complexity index is 531. The number of likely N-dealkylation sites (tertiary alicyclic amines) is 1. The summed E-state index contributed by atoms with van der Waals surface area (Å²) in [5.41, 5.74) is 0.483. The Morgan fingerprint density at radius 3 is 2.86 bits per heavy atom. The number of halogens is 2. The van der Waals surface area contributed by atoms with Crippen molar-refractivity contribution in [2.75, 3.05) is 18.4 Å². The van der Waals surface area contributed by atoms with E-state index < -0.39 is 5.60 Å². The van der Waals surface area contributed by atoms with Crippen molar-refractivity contribution in [3.8, 4) is 0 Å². The summed E-state index contributed by atoms with van der Waals surface area (Å²) >= 11 is 9.50. The van der Waals surface area contributed by atoms with Crippen molar-refractivity contribution in [3.63, 3.8) is 0 Å². The molecule has 2 rings (SSSR count). The zero-order valence-electron chi connectivity index (χ0n) is 12.5. The Kier molecular flexibility index (Phi) is 5.04. The number of anilines is 1. The Labute approximate surface area is 138 Å². The third-order valence-electron chi connectivity index (χ3n) is 3.13. The molecule has 1 atom stereocenters. The lowest BCUT2D eigenvalue weighted by Crippen LogP contribution is -2.36. The summed E-state index contributed by atoms with van der Waals surface area (Å²) in [6.45, 7) is 6.96. The van der Waals surface area contributed by atoms with Crippen LogP contribution in [0.25, 0.3) is 0 Å². The van der Waals surface area contributed by atoms with Gasteiger partial charge in [0.25, 0.3) is 0 Å². The third-order valence-corrected chi connectivity index (χ3v) is 4.05. The number of nitrogens with zero attached hydrogens (tertiary/aromatic N) is 1. The molecule has 0 saturated carbocycles. The largest absolute Gasteiger partial charge is 0.444 e. The smallest absolute Gasteiger partial charge is 0.410 e. The van der Waals surface area contributed by atoms with Gasteiger partial charge in [-0.2, -0.15) is 0 Å². The van der Waals surface area contributed by atoms with Gasteiger partial charge in [0.15, 0.2) is 0 Å². The Balaban J connectivity index is 1.93. The fraction of sp³-hybridized carbons (Fsp3) is 0.533. The third kappa shape index (κ3) is 4.78. The van der Waals surface area contributed by atoms with Crippen LogP contribution >= 0.6 is 27.5 Å². The number of nitrogens with one attached hydrogen (secondary N) is 1. The summed E-state index contributed by atoms with van der Waals surface area (Å²) < 4.78 is 6.35. The van der Waals surface area contributed by atoms with Crippen molar-refractivity contribution in [2.24, 2.45) is 0 Å². The van der Waals surface area contributed by atoms with E-state index in [9.17, 15) is 4.79 Å². The van der Waals surface area contributed by atoms with Crippen LogP contribution in [0.4, 0.5) is 10.5 Å². The number of carbonyl (C=O) groups is 1. The molecule has 1 heterocycles. The van der Waals surface area contributed by atoms with Crippen molar-refractivity contribution in [2.45, 2.75) is 38.8 Å².